The zero-order chi connectivity index (χ0) is 15.2. The fourth-order valence-corrected chi connectivity index (χ4v) is 3.08. The van der Waals surface area contributed by atoms with Crippen molar-refractivity contribution in [3.8, 4) is 0 Å². The smallest absolute Gasteiger partial charge is 0.0369 e. The fourth-order valence-electron chi connectivity index (χ4n) is 3.08. The zero-order valence-electron chi connectivity index (χ0n) is 13.9. The van der Waals surface area contributed by atoms with E-state index in [9.17, 15) is 0 Å². The molecule has 1 aromatic carbocycles. The maximum Gasteiger partial charge on any atom is 0.0369 e. The van der Waals surface area contributed by atoms with Crippen molar-refractivity contribution in [1.82, 2.24) is 4.90 Å². The van der Waals surface area contributed by atoms with Crippen LogP contribution in [0.4, 0.5) is 5.69 Å². The van der Waals surface area contributed by atoms with E-state index in [2.05, 4.69) is 48.8 Å². The van der Waals surface area contributed by atoms with E-state index >= 15 is 0 Å². The highest BCUT2D eigenvalue weighted by Crippen LogP contribution is 2.21. The molecule has 0 bridgehead atoms. The van der Waals surface area contributed by atoms with Crippen molar-refractivity contribution in [1.29, 1.82) is 0 Å². The summed E-state index contributed by atoms with van der Waals surface area (Å²) in [6, 6.07) is 7.18. The molecule has 0 amide bonds. The molecular formula is C18H31N3. The molecule has 1 unspecified atom stereocenters. The molecule has 1 aromatic rings. The lowest BCUT2D eigenvalue weighted by Gasteiger charge is -2.36. The summed E-state index contributed by atoms with van der Waals surface area (Å²) < 4.78 is 0. The van der Waals surface area contributed by atoms with Gasteiger partial charge in [-0.05, 0) is 56.0 Å². The van der Waals surface area contributed by atoms with Crippen LogP contribution >= 0.6 is 0 Å². The van der Waals surface area contributed by atoms with Crippen LogP contribution in [0.3, 0.4) is 0 Å². The second kappa shape index (κ2) is 7.81. The van der Waals surface area contributed by atoms with E-state index in [0.717, 1.165) is 25.9 Å². The van der Waals surface area contributed by atoms with E-state index in [4.69, 9.17) is 5.73 Å². The molecule has 1 saturated heterocycles. The molecule has 3 heteroatoms. The topological polar surface area (TPSA) is 32.5 Å². The lowest BCUT2D eigenvalue weighted by Crippen LogP contribution is -2.46. The van der Waals surface area contributed by atoms with Crippen molar-refractivity contribution in [2.45, 2.75) is 46.1 Å². The van der Waals surface area contributed by atoms with Gasteiger partial charge in [0.2, 0.25) is 0 Å². The van der Waals surface area contributed by atoms with E-state index in [1.54, 1.807) is 0 Å². The van der Waals surface area contributed by atoms with Gasteiger partial charge in [-0.2, -0.15) is 0 Å². The first kappa shape index (κ1) is 16.3. The summed E-state index contributed by atoms with van der Waals surface area (Å²) in [6.07, 6.45) is 3.29. The molecule has 2 N–H and O–H groups in total. The zero-order valence-corrected chi connectivity index (χ0v) is 13.9. The van der Waals surface area contributed by atoms with Crippen LogP contribution in [-0.4, -0.2) is 43.7 Å². The summed E-state index contributed by atoms with van der Waals surface area (Å²) in [6.45, 7) is 12.5. The molecule has 1 aliphatic rings. The Morgan fingerprint density at radius 1 is 1.14 bits per heavy atom. The van der Waals surface area contributed by atoms with Crippen molar-refractivity contribution in [3.63, 3.8) is 0 Å². The Hall–Kier alpha value is -1.06. The Morgan fingerprint density at radius 2 is 1.86 bits per heavy atom. The van der Waals surface area contributed by atoms with E-state index in [1.165, 1.54) is 42.9 Å². The number of nitrogens with zero attached hydrogens (tertiary/aromatic N) is 2. The maximum atomic E-state index is 6.08. The number of nitrogens with two attached hydrogens (primary N) is 1. The minimum Gasteiger partial charge on any atom is -0.369 e. The molecule has 0 saturated carbocycles. The molecule has 2 rings (SSSR count). The molecule has 1 aliphatic heterocycles. The number of benzene rings is 1. The Labute approximate surface area is 130 Å². The van der Waals surface area contributed by atoms with Crippen LogP contribution in [0.5, 0.6) is 0 Å². The number of piperazine rings is 1. The molecule has 21 heavy (non-hydrogen) atoms. The van der Waals surface area contributed by atoms with E-state index in [1.807, 2.05) is 0 Å². The van der Waals surface area contributed by atoms with Gasteiger partial charge in [-0.25, -0.2) is 0 Å². The van der Waals surface area contributed by atoms with Crippen LogP contribution in [0.1, 0.15) is 37.8 Å². The maximum absolute atomic E-state index is 6.08. The molecular weight excluding hydrogens is 258 g/mol. The van der Waals surface area contributed by atoms with Crippen molar-refractivity contribution in [2.24, 2.45) is 5.73 Å². The minimum atomic E-state index is 0.284. The first-order valence-electron chi connectivity index (χ1n) is 8.46. The van der Waals surface area contributed by atoms with E-state index in [0.29, 0.717) is 0 Å². The highest BCUT2D eigenvalue weighted by molar-refractivity contribution is 5.51. The SMILES string of the molecule is CCCN1CCN(c2ccc(CC(N)CC)c(C)c2)CC1. The van der Waals surface area contributed by atoms with Crippen molar-refractivity contribution < 1.29 is 0 Å². The largest absolute Gasteiger partial charge is 0.369 e. The van der Waals surface area contributed by atoms with Gasteiger partial charge in [0.05, 0.1) is 0 Å². The normalized spacial score (nSPS) is 18.0. The second-order valence-electron chi connectivity index (χ2n) is 6.31. The van der Waals surface area contributed by atoms with Gasteiger partial charge < -0.3 is 10.6 Å². The van der Waals surface area contributed by atoms with E-state index in [-0.39, 0.29) is 6.04 Å². The lowest BCUT2D eigenvalue weighted by atomic mass is 9.99. The van der Waals surface area contributed by atoms with Gasteiger partial charge >= 0.3 is 0 Å². The van der Waals surface area contributed by atoms with Crippen LogP contribution in [0, 0.1) is 6.92 Å². The van der Waals surface area contributed by atoms with Crippen molar-refractivity contribution in [3.05, 3.63) is 29.3 Å². The Kier molecular flexibility index (Phi) is 6.07. The number of anilines is 1. The van der Waals surface area contributed by atoms with E-state index < -0.39 is 0 Å². The Morgan fingerprint density at radius 3 is 2.43 bits per heavy atom. The number of aryl methyl sites for hydroxylation is 1. The first-order chi connectivity index (χ1) is 10.1. The standard InChI is InChI=1S/C18H31N3/c1-4-8-20-9-11-21(12-10-20)18-7-6-16(15(3)13-18)14-17(19)5-2/h6-7,13,17H,4-5,8-12,14,19H2,1-3H3. The molecule has 0 aliphatic carbocycles. The highest BCUT2D eigenvalue weighted by atomic mass is 15.3. The number of rotatable bonds is 6. The third kappa shape index (κ3) is 4.45. The van der Waals surface area contributed by atoms with Gasteiger partial charge in [0.15, 0.2) is 0 Å². The number of hydrogen-bond acceptors (Lipinski definition) is 3. The number of hydrogen-bond donors (Lipinski definition) is 1. The van der Waals surface area contributed by atoms with Crippen LogP contribution in [-0.2, 0) is 6.42 Å². The molecule has 0 aromatic heterocycles. The van der Waals surface area contributed by atoms with Crippen molar-refractivity contribution in [2.75, 3.05) is 37.6 Å². The lowest BCUT2D eigenvalue weighted by molar-refractivity contribution is 0.258. The highest BCUT2D eigenvalue weighted by Gasteiger charge is 2.17. The summed E-state index contributed by atoms with van der Waals surface area (Å²) in [5, 5.41) is 0. The third-order valence-corrected chi connectivity index (χ3v) is 4.61. The van der Waals surface area contributed by atoms with Crippen molar-refractivity contribution >= 4 is 5.69 Å². The first-order valence-corrected chi connectivity index (χ1v) is 8.46. The average Bonchev–Trinajstić information content (AvgIpc) is 2.50. The molecule has 0 radical (unpaired) electrons. The molecule has 1 atom stereocenters. The molecule has 1 fully saturated rings. The summed E-state index contributed by atoms with van der Waals surface area (Å²) in [7, 11) is 0. The quantitative estimate of drug-likeness (QED) is 0.874. The monoisotopic (exact) mass is 289 g/mol. The third-order valence-electron chi connectivity index (χ3n) is 4.61. The fraction of sp³-hybridized carbons (Fsp3) is 0.667. The van der Waals surface area contributed by atoms with Gasteiger partial charge in [0, 0.05) is 37.9 Å². The summed E-state index contributed by atoms with van der Waals surface area (Å²) >= 11 is 0. The van der Waals surface area contributed by atoms with Crippen LogP contribution < -0.4 is 10.6 Å². The molecule has 1 heterocycles. The Bertz CT molecular complexity index is 436. The van der Waals surface area contributed by atoms with Gasteiger partial charge in [0.1, 0.15) is 0 Å². The predicted octanol–water partition coefficient (Wildman–Crippen LogP) is 2.81. The van der Waals surface area contributed by atoms with Crippen LogP contribution in [0.15, 0.2) is 18.2 Å². The van der Waals surface area contributed by atoms with Crippen LogP contribution in [0.2, 0.25) is 0 Å². The predicted molar refractivity (Wildman–Crippen MR) is 92.1 cm³/mol. The van der Waals surface area contributed by atoms with Gasteiger partial charge in [-0.15, -0.1) is 0 Å². The van der Waals surface area contributed by atoms with Gasteiger partial charge in [0.25, 0.3) is 0 Å². The average molecular weight is 289 g/mol. The Balaban J connectivity index is 1.97. The minimum absolute atomic E-state index is 0.284. The molecule has 118 valence electrons. The summed E-state index contributed by atoms with van der Waals surface area (Å²) in [4.78, 5) is 5.08. The second-order valence-corrected chi connectivity index (χ2v) is 6.31. The summed E-state index contributed by atoms with van der Waals surface area (Å²) in [5.74, 6) is 0. The van der Waals surface area contributed by atoms with Gasteiger partial charge in [-0.3, -0.25) is 4.90 Å². The molecule has 0 spiro atoms. The molecule has 3 nitrogen and oxygen atoms in total. The van der Waals surface area contributed by atoms with Gasteiger partial charge in [-0.1, -0.05) is 19.9 Å². The summed E-state index contributed by atoms with van der Waals surface area (Å²) in [5.41, 5.74) is 10.2. The van der Waals surface area contributed by atoms with Crippen LogP contribution in [0.25, 0.3) is 0 Å².